The smallest absolute Gasteiger partial charge is 0.259 e. The van der Waals surface area contributed by atoms with E-state index in [4.69, 9.17) is 14.5 Å². The molecule has 1 unspecified atom stereocenters. The normalized spacial score (nSPS) is 29.1. The molecule has 4 bridgehead atoms. The molecule has 6 atom stereocenters. The Hall–Kier alpha value is -4.00. The van der Waals surface area contributed by atoms with Gasteiger partial charge in [-0.15, -0.1) is 6.58 Å². The fraction of sp³-hybridized carbons (Fsp3) is 0.596. The number of ether oxygens (including phenoxy) is 2. The van der Waals surface area contributed by atoms with Crippen molar-refractivity contribution in [1.82, 2.24) is 25.2 Å². The van der Waals surface area contributed by atoms with Gasteiger partial charge in [0.1, 0.15) is 29.2 Å². The van der Waals surface area contributed by atoms with Crippen molar-refractivity contribution < 1.29 is 27.5 Å². The van der Waals surface area contributed by atoms with Crippen LogP contribution in [0.3, 0.4) is 0 Å². The van der Waals surface area contributed by atoms with E-state index < -0.39 is 38.9 Å². The Morgan fingerprint density at radius 3 is 2.47 bits per heavy atom. The minimum Gasteiger partial charge on any atom is -0.496 e. The molecule has 59 heavy (non-hydrogen) atoms. The van der Waals surface area contributed by atoms with Gasteiger partial charge in [-0.05, 0) is 100 Å². The lowest BCUT2D eigenvalue weighted by molar-refractivity contribution is -0.133. The summed E-state index contributed by atoms with van der Waals surface area (Å²) in [6, 6.07) is 15.6. The predicted octanol–water partition coefficient (Wildman–Crippen LogP) is 7.08. The van der Waals surface area contributed by atoms with Gasteiger partial charge in [0.25, 0.3) is 5.91 Å². The van der Waals surface area contributed by atoms with Crippen LogP contribution in [0.15, 0.2) is 61.2 Å². The SMILES string of the molecule is C=C[C@@H]1C[C@]1(NC(=O)[C@@H]1[C@@H]2CCN1C[C@H](C1CCCCC1)NCCCC(C)(C)CCCc1cc3c(cc(-c4ccccc4)nc3cc1OC)O2)C(=O)NS(=O)(=O)C1CC1. The van der Waals surface area contributed by atoms with Crippen LogP contribution in [-0.2, 0) is 26.0 Å². The number of amides is 2. The second-order valence-electron chi connectivity index (χ2n) is 18.7. The van der Waals surface area contributed by atoms with Crippen molar-refractivity contribution in [2.75, 3.05) is 26.7 Å². The van der Waals surface area contributed by atoms with Crippen molar-refractivity contribution in [2.24, 2.45) is 17.3 Å². The monoisotopic (exact) mass is 825 g/mol. The first-order valence-corrected chi connectivity index (χ1v) is 23.7. The van der Waals surface area contributed by atoms with E-state index in [-0.39, 0.29) is 29.7 Å². The quantitative estimate of drug-likeness (QED) is 0.193. The van der Waals surface area contributed by atoms with Gasteiger partial charge in [0.15, 0.2) is 0 Å². The highest BCUT2D eigenvalue weighted by Crippen LogP contribution is 2.46. The van der Waals surface area contributed by atoms with Gasteiger partial charge in [-0.3, -0.25) is 19.2 Å². The van der Waals surface area contributed by atoms with Crippen LogP contribution in [0.1, 0.15) is 103 Å². The van der Waals surface area contributed by atoms with E-state index in [1.54, 1.807) is 13.2 Å². The van der Waals surface area contributed by atoms with Gasteiger partial charge in [-0.2, -0.15) is 0 Å². The van der Waals surface area contributed by atoms with Crippen molar-refractivity contribution in [3.05, 3.63) is 66.7 Å². The third kappa shape index (κ3) is 9.20. The van der Waals surface area contributed by atoms with Crippen LogP contribution in [0, 0.1) is 17.3 Å². The molecule has 5 aliphatic rings. The summed E-state index contributed by atoms with van der Waals surface area (Å²) in [6.45, 7) is 10.9. The van der Waals surface area contributed by atoms with Crippen molar-refractivity contribution in [2.45, 2.75) is 133 Å². The summed E-state index contributed by atoms with van der Waals surface area (Å²) in [6.07, 6.45) is 14.1. The van der Waals surface area contributed by atoms with Gasteiger partial charge in [0.05, 0.1) is 23.6 Å². The largest absolute Gasteiger partial charge is 0.496 e. The molecule has 3 heterocycles. The summed E-state index contributed by atoms with van der Waals surface area (Å²) in [7, 11) is -2.12. The van der Waals surface area contributed by atoms with Crippen LogP contribution in [0.4, 0.5) is 0 Å². The number of benzene rings is 2. The Balaban J connectivity index is 1.19. The van der Waals surface area contributed by atoms with E-state index in [0.717, 1.165) is 85.0 Å². The van der Waals surface area contributed by atoms with Crippen molar-refractivity contribution in [3.8, 4) is 22.8 Å². The van der Waals surface area contributed by atoms with Gasteiger partial charge >= 0.3 is 0 Å². The molecule has 11 nitrogen and oxygen atoms in total. The second-order valence-corrected chi connectivity index (χ2v) is 20.7. The number of methoxy groups -OCH3 is 1. The predicted molar refractivity (Wildman–Crippen MR) is 232 cm³/mol. The lowest BCUT2D eigenvalue weighted by Crippen LogP contribution is -2.59. The standard InChI is InChI=1S/C47H63N5O6S/c1-5-34-29-47(34,45(54)51-59(55,56)35-19-20-35)50-44(53)43-40-21-25-52(43)30-39(32-16-10-7-11-17-32)48-24-13-23-46(2,3)22-12-18-33-26-36-38(28-41(33)57-4)49-37(27-42(36)58-40)31-14-8-6-9-15-31/h5-6,8-9,14-15,26-28,32,34-35,39-40,43,48H,1,7,10-13,16-25,29-30H2,2-4H3,(H,50,53)(H,51,54)/t34-,39-,40+,43+,47-/m1/s1. The Morgan fingerprint density at radius 2 is 1.76 bits per heavy atom. The first kappa shape index (κ1) is 41.7. The Bertz CT molecular complexity index is 2130. The number of aryl methyl sites for hydroxylation is 1. The molecular weight excluding hydrogens is 763 g/mol. The van der Waals surface area contributed by atoms with E-state index in [1.165, 1.54) is 19.3 Å². The molecule has 318 valence electrons. The maximum Gasteiger partial charge on any atom is 0.259 e. The molecule has 3 aromatic rings. The minimum absolute atomic E-state index is 0.176. The molecule has 3 saturated carbocycles. The van der Waals surface area contributed by atoms with Gasteiger partial charge in [0, 0.05) is 48.1 Å². The summed E-state index contributed by atoms with van der Waals surface area (Å²) in [4.78, 5) is 36.3. The third-order valence-corrected chi connectivity index (χ3v) is 15.7. The minimum atomic E-state index is -3.82. The zero-order chi connectivity index (χ0) is 41.4. The number of carbonyl (C=O) groups excluding carboxylic acids is 2. The molecule has 2 aliphatic heterocycles. The average molecular weight is 826 g/mol. The molecule has 0 spiro atoms. The summed E-state index contributed by atoms with van der Waals surface area (Å²) in [5.74, 6) is 0.521. The van der Waals surface area contributed by atoms with Crippen LogP contribution >= 0.6 is 0 Å². The van der Waals surface area contributed by atoms with E-state index >= 15 is 4.79 Å². The topological polar surface area (TPSA) is 139 Å². The molecule has 3 N–H and O–H groups in total. The van der Waals surface area contributed by atoms with Crippen LogP contribution < -0.4 is 24.8 Å². The number of carbonyl (C=O) groups is 2. The molecule has 2 amide bonds. The summed E-state index contributed by atoms with van der Waals surface area (Å²) in [5.41, 5.74) is 2.32. The average Bonchev–Trinajstić information content (AvgIpc) is 4.16. The molecule has 0 radical (unpaired) electrons. The molecule has 4 fully saturated rings. The summed E-state index contributed by atoms with van der Waals surface area (Å²) < 4.78 is 41.4. The zero-order valence-corrected chi connectivity index (χ0v) is 36.0. The van der Waals surface area contributed by atoms with Gasteiger partial charge in [-0.1, -0.05) is 69.5 Å². The van der Waals surface area contributed by atoms with Gasteiger partial charge in [-0.25, -0.2) is 13.4 Å². The number of pyridine rings is 1. The zero-order valence-electron chi connectivity index (χ0n) is 35.1. The Labute approximate surface area is 350 Å². The highest BCUT2D eigenvalue weighted by atomic mass is 32.2. The van der Waals surface area contributed by atoms with E-state index in [9.17, 15) is 13.2 Å². The number of nitrogens with one attached hydrogen (secondary N) is 3. The number of rotatable bonds is 9. The highest BCUT2D eigenvalue weighted by molar-refractivity contribution is 7.91. The molecule has 1 saturated heterocycles. The fourth-order valence-electron chi connectivity index (χ4n) is 10.1. The van der Waals surface area contributed by atoms with Crippen LogP contribution in [0.2, 0.25) is 0 Å². The lowest BCUT2D eigenvalue weighted by Gasteiger charge is -2.37. The van der Waals surface area contributed by atoms with Crippen molar-refractivity contribution >= 4 is 32.7 Å². The number of aromatic nitrogens is 1. The number of sulfonamides is 1. The molecule has 12 heteroatoms. The first-order chi connectivity index (χ1) is 28.4. The van der Waals surface area contributed by atoms with Crippen LogP contribution in [0.25, 0.3) is 22.2 Å². The lowest BCUT2D eigenvalue weighted by atomic mass is 9.81. The summed E-state index contributed by atoms with van der Waals surface area (Å²) >= 11 is 0. The molecule has 1 aromatic heterocycles. The maximum atomic E-state index is 15.0. The summed E-state index contributed by atoms with van der Waals surface area (Å²) in [5, 5.41) is 7.40. The van der Waals surface area contributed by atoms with Gasteiger partial charge in [0.2, 0.25) is 15.9 Å². The van der Waals surface area contributed by atoms with Gasteiger partial charge < -0.3 is 20.1 Å². The number of fused-ring (bicyclic) bond motifs is 3. The number of hydrogen-bond donors (Lipinski definition) is 3. The van der Waals surface area contributed by atoms with Crippen LogP contribution in [-0.4, -0.2) is 85.8 Å². The van der Waals surface area contributed by atoms with Crippen molar-refractivity contribution in [1.29, 1.82) is 0 Å². The van der Waals surface area contributed by atoms with Crippen molar-refractivity contribution in [3.63, 3.8) is 0 Å². The number of hydrogen-bond acceptors (Lipinski definition) is 9. The maximum absolute atomic E-state index is 15.0. The molecule has 2 aromatic carbocycles. The molecule has 8 rings (SSSR count). The second kappa shape index (κ2) is 17.2. The first-order valence-electron chi connectivity index (χ1n) is 22.1. The fourth-order valence-corrected chi connectivity index (χ4v) is 11.4. The van der Waals surface area contributed by atoms with E-state index in [1.807, 2.05) is 42.5 Å². The van der Waals surface area contributed by atoms with E-state index in [2.05, 4.69) is 46.7 Å². The third-order valence-electron chi connectivity index (χ3n) is 13.9. The Morgan fingerprint density at radius 1 is 1.00 bits per heavy atom. The molecule has 3 aliphatic carbocycles. The van der Waals surface area contributed by atoms with E-state index in [0.29, 0.717) is 44.0 Å². The highest BCUT2D eigenvalue weighted by Gasteiger charge is 2.62. The number of nitrogens with zero attached hydrogens (tertiary/aromatic N) is 2. The Kier molecular flexibility index (Phi) is 12.1. The van der Waals surface area contributed by atoms with Crippen LogP contribution in [0.5, 0.6) is 11.5 Å². The molecular formula is C47H63N5O6S.